The van der Waals surface area contributed by atoms with E-state index in [-0.39, 0.29) is 28.7 Å². The van der Waals surface area contributed by atoms with Crippen molar-refractivity contribution in [1.82, 2.24) is 20.6 Å². The molecule has 4 N–H and O–H groups in total. The molecule has 0 spiro atoms. The normalized spacial score (nSPS) is 11.4. The number of hydrogen-bond acceptors (Lipinski definition) is 6. The van der Waals surface area contributed by atoms with Gasteiger partial charge >= 0.3 is 0 Å². The topological polar surface area (TPSA) is 110 Å². The largest absolute Gasteiger partial charge is 0.375 e. The maximum Gasteiger partial charge on any atom is 0.270 e. The van der Waals surface area contributed by atoms with Gasteiger partial charge in [0.1, 0.15) is 11.4 Å². The summed E-state index contributed by atoms with van der Waals surface area (Å²) in [4.78, 5) is 33.0. The number of aromatic nitrogens is 2. The molecule has 7 nitrogen and oxygen atoms in total. The van der Waals surface area contributed by atoms with Crippen molar-refractivity contribution in [2.45, 2.75) is 32.9 Å². The molecule has 8 heteroatoms. The lowest BCUT2D eigenvalue weighted by atomic mass is 10.1. The third kappa shape index (κ3) is 4.79. The number of nitrogens with one attached hydrogen (secondary N) is 2. The van der Waals surface area contributed by atoms with E-state index >= 15 is 0 Å². The van der Waals surface area contributed by atoms with Crippen molar-refractivity contribution in [1.29, 1.82) is 0 Å². The Kier molecular flexibility index (Phi) is 5.09. The number of amides is 2. The third-order valence-corrected chi connectivity index (χ3v) is 4.47. The smallest absolute Gasteiger partial charge is 0.270 e. The number of carbonyl (C=O) groups is 2. The first-order valence-corrected chi connectivity index (χ1v) is 9.26. The number of nitrogens with zero attached hydrogens (tertiary/aromatic N) is 2. The highest BCUT2D eigenvalue weighted by Crippen LogP contribution is 2.24. The number of nitrogens with two attached hydrogens (primary N) is 1. The second kappa shape index (κ2) is 7.32. The van der Waals surface area contributed by atoms with Gasteiger partial charge in [0, 0.05) is 12.1 Å². The molecule has 2 heterocycles. The Bertz CT molecular complexity index is 1010. The van der Waals surface area contributed by atoms with Crippen LogP contribution in [-0.4, -0.2) is 27.3 Å². The lowest BCUT2D eigenvalue weighted by molar-refractivity contribution is 0.0914. The summed E-state index contributed by atoms with van der Waals surface area (Å²) in [5.74, 6) is -0.658. The van der Waals surface area contributed by atoms with Crippen LogP contribution in [0.15, 0.2) is 36.4 Å². The van der Waals surface area contributed by atoms with Crippen molar-refractivity contribution in [3.05, 3.63) is 53.3 Å². The minimum Gasteiger partial charge on any atom is -0.375 e. The van der Waals surface area contributed by atoms with E-state index in [1.54, 1.807) is 18.2 Å². The van der Waals surface area contributed by atoms with E-state index in [1.165, 1.54) is 11.3 Å². The van der Waals surface area contributed by atoms with Gasteiger partial charge in [-0.25, -0.2) is 9.97 Å². The molecule has 1 aromatic carbocycles. The van der Waals surface area contributed by atoms with Gasteiger partial charge in [-0.15, -0.1) is 0 Å². The van der Waals surface area contributed by atoms with Crippen LogP contribution in [0.1, 0.15) is 47.3 Å². The van der Waals surface area contributed by atoms with E-state index in [2.05, 4.69) is 20.6 Å². The average molecular weight is 383 g/mol. The van der Waals surface area contributed by atoms with Crippen molar-refractivity contribution >= 4 is 38.5 Å². The predicted molar refractivity (Wildman–Crippen MR) is 107 cm³/mol. The molecule has 140 valence electrons. The molecule has 0 radical (unpaired) electrons. The number of nitrogen functional groups attached to an aromatic ring is 1. The van der Waals surface area contributed by atoms with Crippen LogP contribution in [0.5, 0.6) is 0 Å². The SMILES string of the molecule is CC(C)(C)NC(=O)c1cccc(C(=O)NCc2ccc3nc(N)sc3c2)n1. The van der Waals surface area contributed by atoms with Crippen LogP contribution in [-0.2, 0) is 6.54 Å². The predicted octanol–water partition coefficient (Wildman–Crippen LogP) is 2.73. The number of hydrogen-bond donors (Lipinski definition) is 3. The third-order valence-electron chi connectivity index (χ3n) is 3.63. The Labute approximate surface area is 161 Å². The van der Waals surface area contributed by atoms with E-state index in [4.69, 9.17) is 5.73 Å². The number of anilines is 1. The molecule has 3 rings (SSSR count). The van der Waals surface area contributed by atoms with E-state index in [0.717, 1.165) is 15.8 Å². The first kappa shape index (κ1) is 18.8. The molecule has 0 saturated carbocycles. The number of carbonyl (C=O) groups excluding carboxylic acids is 2. The van der Waals surface area contributed by atoms with E-state index < -0.39 is 0 Å². The van der Waals surface area contributed by atoms with Crippen molar-refractivity contribution in [3.8, 4) is 0 Å². The van der Waals surface area contributed by atoms with Crippen LogP contribution < -0.4 is 16.4 Å². The first-order chi connectivity index (χ1) is 12.7. The lowest BCUT2D eigenvalue weighted by Gasteiger charge is -2.20. The Morgan fingerprint density at radius 3 is 2.48 bits per heavy atom. The molecule has 0 bridgehead atoms. The Morgan fingerprint density at radius 1 is 1.07 bits per heavy atom. The highest BCUT2D eigenvalue weighted by Gasteiger charge is 2.17. The van der Waals surface area contributed by atoms with Crippen molar-refractivity contribution in [3.63, 3.8) is 0 Å². The van der Waals surface area contributed by atoms with Gasteiger partial charge in [-0.1, -0.05) is 23.5 Å². The lowest BCUT2D eigenvalue weighted by Crippen LogP contribution is -2.41. The summed E-state index contributed by atoms with van der Waals surface area (Å²) in [6.45, 7) is 5.99. The van der Waals surface area contributed by atoms with Crippen LogP contribution in [0, 0.1) is 0 Å². The minimum atomic E-state index is -0.379. The quantitative estimate of drug-likeness (QED) is 0.642. The van der Waals surface area contributed by atoms with Gasteiger partial charge in [0.2, 0.25) is 0 Å². The maximum absolute atomic E-state index is 12.4. The Morgan fingerprint density at radius 2 is 1.78 bits per heavy atom. The van der Waals surface area contributed by atoms with E-state index in [1.807, 2.05) is 39.0 Å². The summed E-state index contributed by atoms with van der Waals surface area (Å²) in [6, 6.07) is 10.5. The van der Waals surface area contributed by atoms with Gasteiger partial charge in [0.15, 0.2) is 5.13 Å². The second-order valence-corrected chi connectivity index (χ2v) is 8.21. The fourth-order valence-corrected chi connectivity index (χ4v) is 3.26. The average Bonchev–Trinajstić information content (AvgIpc) is 2.97. The molecule has 27 heavy (non-hydrogen) atoms. The van der Waals surface area contributed by atoms with Gasteiger partial charge in [-0.05, 0) is 50.6 Å². The molecule has 0 aliphatic heterocycles. The standard InChI is InChI=1S/C19H21N5O2S/c1-19(2,3)24-17(26)14-6-4-5-13(22-14)16(25)21-10-11-7-8-12-15(9-11)27-18(20)23-12/h4-9H,10H2,1-3H3,(H2,20,23)(H,21,25)(H,24,26). The fourth-order valence-electron chi connectivity index (χ4n) is 2.46. The molecule has 0 aliphatic carbocycles. The van der Waals surface area contributed by atoms with Gasteiger partial charge in [-0.2, -0.15) is 0 Å². The highest BCUT2D eigenvalue weighted by molar-refractivity contribution is 7.22. The molecule has 0 atom stereocenters. The molecule has 0 aliphatic rings. The maximum atomic E-state index is 12.4. The fraction of sp³-hybridized carbons (Fsp3) is 0.263. The molecule has 3 aromatic rings. The van der Waals surface area contributed by atoms with Crippen LogP contribution >= 0.6 is 11.3 Å². The zero-order valence-corrected chi connectivity index (χ0v) is 16.2. The Hall–Kier alpha value is -3.00. The van der Waals surface area contributed by atoms with Crippen molar-refractivity contribution in [2.75, 3.05) is 5.73 Å². The van der Waals surface area contributed by atoms with E-state index in [0.29, 0.717) is 11.7 Å². The first-order valence-electron chi connectivity index (χ1n) is 8.44. The van der Waals surface area contributed by atoms with E-state index in [9.17, 15) is 9.59 Å². The summed E-state index contributed by atoms with van der Waals surface area (Å²) in [7, 11) is 0. The zero-order valence-electron chi connectivity index (χ0n) is 15.4. The summed E-state index contributed by atoms with van der Waals surface area (Å²) in [5, 5.41) is 6.17. The number of pyridine rings is 1. The molecule has 0 unspecified atom stereocenters. The van der Waals surface area contributed by atoms with Crippen LogP contribution in [0.4, 0.5) is 5.13 Å². The molecule has 0 fully saturated rings. The number of fused-ring (bicyclic) bond motifs is 1. The number of rotatable bonds is 4. The summed E-state index contributed by atoms with van der Waals surface area (Å²) < 4.78 is 0.971. The second-order valence-electron chi connectivity index (χ2n) is 7.15. The molecule has 2 amide bonds. The van der Waals surface area contributed by atoms with Crippen LogP contribution in [0.2, 0.25) is 0 Å². The van der Waals surface area contributed by atoms with Crippen molar-refractivity contribution < 1.29 is 9.59 Å². The number of thiazole rings is 1. The van der Waals surface area contributed by atoms with Crippen LogP contribution in [0.3, 0.4) is 0 Å². The minimum absolute atomic E-state index is 0.194. The van der Waals surface area contributed by atoms with Crippen molar-refractivity contribution in [2.24, 2.45) is 0 Å². The molecule has 0 saturated heterocycles. The molecular weight excluding hydrogens is 362 g/mol. The molecule has 2 aromatic heterocycles. The summed E-state index contributed by atoms with van der Waals surface area (Å²) in [5.41, 5.74) is 7.51. The monoisotopic (exact) mass is 383 g/mol. The summed E-state index contributed by atoms with van der Waals surface area (Å²) >= 11 is 1.40. The Balaban J connectivity index is 1.68. The van der Waals surface area contributed by atoms with Gasteiger partial charge < -0.3 is 16.4 Å². The molecular formula is C19H21N5O2S. The van der Waals surface area contributed by atoms with Gasteiger partial charge in [0.25, 0.3) is 11.8 Å². The van der Waals surface area contributed by atoms with Gasteiger partial charge in [-0.3, -0.25) is 9.59 Å². The summed E-state index contributed by atoms with van der Waals surface area (Å²) in [6.07, 6.45) is 0. The number of benzene rings is 1. The van der Waals surface area contributed by atoms with Crippen LogP contribution in [0.25, 0.3) is 10.2 Å². The highest BCUT2D eigenvalue weighted by atomic mass is 32.1. The zero-order chi connectivity index (χ0) is 19.6. The van der Waals surface area contributed by atoms with Gasteiger partial charge in [0.05, 0.1) is 10.2 Å².